The third kappa shape index (κ3) is 1.24. The van der Waals surface area contributed by atoms with Crippen LogP contribution in [0, 0.1) is 0 Å². The minimum Gasteiger partial charge on any atom is -0.505 e. The molecule has 0 aliphatic carbocycles. The first-order chi connectivity index (χ1) is 4.72. The van der Waals surface area contributed by atoms with Crippen molar-refractivity contribution in [2.45, 2.75) is 5.03 Å². The van der Waals surface area contributed by atoms with Crippen LogP contribution in [0.3, 0.4) is 0 Å². The molecule has 0 amide bonds. The summed E-state index contributed by atoms with van der Waals surface area (Å²) in [7, 11) is -2.78. The van der Waals surface area contributed by atoms with Gasteiger partial charge in [0.25, 0.3) is 0 Å². The molecule has 4 nitrogen and oxygen atoms in total. The second kappa shape index (κ2) is 2.66. The zero-order valence-electron chi connectivity index (χ0n) is 4.89. The summed E-state index contributed by atoms with van der Waals surface area (Å²) in [6.45, 7) is 0. The highest BCUT2D eigenvalue weighted by atomic mass is 32.2. The van der Waals surface area contributed by atoms with Gasteiger partial charge in [-0.2, -0.15) is 0 Å². The Morgan fingerprint density at radius 2 is 2.20 bits per heavy atom. The van der Waals surface area contributed by atoms with Crippen LogP contribution in [-0.2, 0) is 10.7 Å². The first-order valence-corrected chi connectivity index (χ1v) is 3.68. The lowest BCUT2D eigenvalue weighted by atomic mass is 10.5. The normalized spacial score (nSPS) is 10.1. The minimum absolute atomic E-state index is 0.280. The van der Waals surface area contributed by atoms with E-state index in [0.717, 1.165) is 0 Å². The molecule has 0 atom stereocenters. The van der Waals surface area contributed by atoms with Crippen molar-refractivity contribution in [3.05, 3.63) is 18.3 Å². The highest BCUT2D eigenvalue weighted by molar-refractivity contribution is 7.72. The van der Waals surface area contributed by atoms with Gasteiger partial charge in [0.2, 0.25) is 0 Å². The van der Waals surface area contributed by atoms with Crippen molar-refractivity contribution in [2.75, 3.05) is 0 Å². The molecule has 1 rings (SSSR count). The van der Waals surface area contributed by atoms with Gasteiger partial charge in [-0.15, -0.1) is 0 Å². The largest absolute Gasteiger partial charge is 0.505 e. The summed E-state index contributed by atoms with van der Waals surface area (Å²) in [5.41, 5.74) is 0. The molecule has 0 fully saturated rings. The standard InChI is InChI=1S/C5H5NO3S/c7-4-2-1-3-6-5(4)10(8)9/h1-3,7,10H. The van der Waals surface area contributed by atoms with Crippen LogP contribution in [-0.4, -0.2) is 18.5 Å². The molecule has 5 heteroatoms. The fraction of sp³-hybridized carbons (Fsp3) is 0. The molecule has 1 aromatic rings. The third-order valence-corrected chi connectivity index (χ3v) is 1.63. The highest BCUT2D eigenvalue weighted by Gasteiger charge is 2.00. The zero-order chi connectivity index (χ0) is 7.56. The van der Waals surface area contributed by atoms with Crippen molar-refractivity contribution < 1.29 is 13.5 Å². The average Bonchev–Trinajstić information content (AvgIpc) is 1.88. The summed E-state index contributed by atoms with van der Waals surface area (Å²) >= 11 is 0. The van der Waals surface area contributed by atoms with Gasteiger partial charge in [-0.3, -0.25) is 0 Å². The van der Waals surface area contributed by atoms with Gasteiger partial charge in [0.15, 0.2) is 21.5 Å². The van der Waals surface area contributed by atoms with Crippen molar-refractivity contribution in [1.29, 1.82) is 0 Å². The Bertz CT molecular complexity index is 300. The summed E-state index contributed by atoms with van der Waals surface area (Å²) in [5, 5.41) is 8.55. The van der Waals surface area contributed by atoms with E-state index in [0.29, 0.717) is 0 Å². The quantitative estimate of drug-likeness (QED) is 0.555. The Labute approximate surface area is 59.1 Å². The second-order valence-electron chi connectivity index (χ2n) is 1.60. The van der Waals surface area contributed by atoms with Gasteiger partial charge in [-0.25, -0.2) is 13.4 Å². The molecule has 0 aliphatic rings. The Balaban J connectivity index is 3.28. The Morgan fingerprint density at radius 3 is 2.60 bits per heavy atom. The number of aromatic nitrogens is 1. The number of hydrogen-bond acceptors (Lipinski definition) is 4. The van der Waals surface area contributed by atoms with E-state index in [4.69, 9.17) is 5.11 Å². The van der Waals surface area contributed by atoms with Crippen LogP contribution >= 0.6 is 0 Å². The molecule has 0 unspecified atom stereocenters. The molecular weight excluding hydrogens is 154 g/mol. The predicted molar refractivity (Wildman–Crippen MR) is 34.5 cm³/mol. The predicted octanol–water partition coefficient (Wildman–Crippen LogP) is -0.242. The number of pyridine rings is 1. The lowest BCUT2D eigenvalue weighted by Gasteiger charge is -1.91. The summed E-state index contributed by atoms with van der Waals surface area (Å²) in [6, 6.07) is 2.73. The van der Waals surface area contributed by atoms with Gasteiger partial charge < -0.3 is 5.11 Å². The molecule has 1 aromatic heterocycles. The Kier molecular flexibility index (Phi) is 1.86. The van der Waals surface area contributed by atoms with Crippen LogP contribution in [0.25, 0.3) is 0 Å². The van der Waals surface area contributed by atoms with E-state index in [9.17, 15) is 8.42 Å². The van der Waals surface area contributed by atoms with Gasteiger partial charge in [0.1, 0.15) is 0 Å². The molecule has 0 spiro atoms. The molecule has 1 N–H and O–H groups in total. The lowest BCUT2D eigenvalue weighted by molar-refractivity contribution is 0.453. The topological polar surface area (TPSA) is 67.3 Å². The highest BCUT2D eigenvalue weighted by Crippen LogP contribution is 2.12. The first-order valence-electron chi connectivity index (χ1n) is 2.50. The maximum atomic E-state index is 10.2. The fourth-order valence-electron chi connectivity index (χ4n) is 0.529. The van der Waals surface area contributed by atoms with Crippen molar-refractivity contribution in [3.8, 4) is 5.75 Å². The van der Waals surface area contributed by atoms with Crippen LogP contribution < -0.4 is 0 Å². The Hall–Kier alpha value is -1.10. The number of nitrogens with zero attached hydrogens (tertiary/aromatic N) is 1. The second-order valence-corrected chi connectivity index (χ2v) is 2.54. The molecule has 0 aliphatic heterocycles. The maximum absolute atomic E-state index is 10.2. The van der Waals surface area contributed by atoms with E-state index >= 15 is 0 Å². The van der Waals surface area contributed by atoms with Gasteiger partial charge in [-0.1, -0.05) is 0 Å². The van der Waals surface area contributed by atoms with Crippen molar-refractivity contribution in [1.82, 2.24) is 4.98 Å². The summed E-state index contributed by atoms with van der Waals surface area (Å²) in [5.74, 6) is -0.307. The van der Waals surface area contributed by atoms with Crippen molar-refractivity contribution in [2.24, 2.45) is 0 Å². The van der Waals surface area contributed by atoms with E-state index in [1.807, 2.05) is 0 Å². The molecule has 1 heterocycles. The number of aromatic hydroxyl groups is 1. The molecule has 10 heavy (non-hydrogen) atoms. The smallest absolute Gasteiger partial charge is 0.194 e. The van der Waals surface area contributed by atoms with Crippen LogP contribution in [0.1, 0.15) is 0 Å². The third-order valence-electron chi connectivity index (χ3n) is 0.939. The van der Waals surface area contributed by atoms with Crippen LogP contribution in [0.2, 0.25) is 0 Å². The van der Waals surface area contributed by atoms with Gasteiger partial charge in [-0.05, 0) is 12.1 Å². The monoisotopic (exact) mass is 159 g/mol. The Morgan fingerprint density at radius 1 is 1.50 bits per heavy atom. The summed E-state index contributed by atoms with van der Waals surface area (Å²) in [4.78, 5) is 3.43. The fourth-order valence-corrected chi connectivity index (χ4v) is 0.952. The van der Waals surface area contributed by atoms with Crippen LogP contribution in [0.4, 0.5) is 0 Å². The number of hydrogen-bond donors (Lipinski definition) is 2. The summed E-state index contributed by atoms with van der Waals surface area (Å²) < 4.78 is 20.5. The molecule has 0 saturated heterocycles. The van der Waals surface area contributed by atoms with Crippen molar-refractivity contribution in [3.63, 3.8) is 0 Å². The SMILES string of the molecule is O=[SH](=O)c1ncccc1O. The lowest BCUT2D eigenvalue weighted by Crippen LogP contribution is -1.84. The van der Waals surface area contributed by atoms with E-state index in [1.165, 1.54) is 18.3 Å². The van der Waals surface area contributed by atoms with E-state index in [2.05, 4.69) is 4.98 Å². The van der Waals surface area contributed by atoms with Gasteiger partial charge in [0, 0.05) is 6.20 Å². The molecule has 0 bridgehead atoms. The molecular formula is C5H5NO3S. The van der Waals surface area contributed by atoms with Crippen LogP contribution in [0.15, 0.2) is 23.4 Å². The minimum atomic E-state index is -2.78. The van der Waals surface area contributed by atoms with Crippen LogP contribution in [0.5, 0.6) is 5.75 Å². The maximum Gasteiger partial charge on any atom is 0.194 e. The van der Waals surface area contributed by atoms with Crippen molar-refractivity contribution >= 4 is 10.7 Å². The van der Waals surface area contributed by atoms with Gasteiger partial charge >= 0.3 is 0 Å². The molecule has 54 valence electrons. The molecule has 0 radical (unpaired) electrons. The zero-order valence-corrected chi connectivity index (χ0v) is 5.78. The van der Waals surface area contributed by atoms with E-state index in [1.54, 1.807) is 0 Å². The molecule has 0 aromatic carbocycles. The average molecular weight is 159 g/mol. The van der Waals surface area contributed by atoms with Gasteiger partial charge in [0.05, 0.1) is 0 Å². The first kappa shape index (κ1) is 7.01. The number of thiol groups is 1. The van der Waals surface area contributed by atoms with E-state index < -0.39 is 10.7 Å². The molecule has 0 saturated carbocycles. The number of rotatable bonds is 1. The summed E-state index contributed by atoms with van der Waals surface area (Å²) in [6.07, 6.45) is 1.31. The van der Waals surface area contributed by atoms with E-state index in [-0.39, 0.29) is 10.8 Å².